The molecule has 0 aliphatic rings. The number of nitrogens with one attached hydrogen (secondary N) is 1. The van der Waals surface area contributed by atoms with E-state index in [1.165, 1.54) is 0 Å². The van der Waals surface area contributed by atoms with Crippen LogP contribution >= 0.6 is 0 Å². The quantitative estimate of drug-likeness (QED) is 0.386. The SMILES string of the molecule is FC(F)(F)c1cc(C#Cc2ccccc2)c2[nH]c(-c3ccccc3)cc2c1. The van der Waals surface area contributed by atoms with E-state index in [0.717, 1.165) is 29.0 Å². The smallest absolute Gasteiger partial charge is 0.354 e. The Balaban J connectivity index is 1.90. The maximum Gasteiger partial charge on any atom is 0.416 e. The van der Waals surface area contributed by atoms with Crippen LogP contribution in [0, 0.1) is 11.8 Å². The van der Waals surface area contributed by atoms with Crippen LogP contribution in [-0.4, -0.2) is 4.98 Å². The summed E-state index contributed by atoms with van der Waals surface area (Å²) >= 11 is 0. The Hall–Kier alpha value is -3.45. The van der Waals surface area contributed by atoms with E-state index in [-0.39, 0.29) is 0 Å². The molecule has 3 aromatic carbocycles. The molecular weight excluding hydrogens is 347 g/mol. The molecule has 0 amide bonds. The molecule has 4 rings (SSSR count). The van der Waals surface area contributed by atoms with Crippen LogP contribution in [0.2, 0.25) is 0 Å². The Bertz CT molecular complexity index is 1140. The second-order valence-electron chi connectivity index (χ2n) is 6.15. The third-order valence-electron chi connectivity index (χ3n) is 4.26. The molecule has 0 radical (unpaired) electrons. The molecule has 1 aromatic heterocycles. The summed E-state index contributed by atoms with van der Waals surface area (Å²) in [7, 11) is 0. The highest BCUT2D eigenvalue weighted by atomic mass is 19.4. The molecule has 1 heterocycles. The zero-order valence-corrected chi connectivity index (χ0v) is 14.1. The number of fused-ring (bicyclic) bond motifs is 1. The first kappa shape index (κ1) is 17.0. The van der Waals surface area contributed by atoms with Gasteiger partial charge in [-0.25, -0.2) is 0 Å². The molecule has 0 spiro atoms. The molecule has 0 unspecified atom stereocenters. The van der Waals surface area contributed by atoms with Gasteiger partial charge in [0.2, 0.25) is 0 Å². The lowest BCUT2D eigenvalue weighted by atomic mass is 10.1. The first-order chi connectivity index (χ1) is 13.0. The van der Waals surface area contributed by atoms with Gasteiger partial charge in [0.15, 0.2) is 0 Å². The van der Waals surface area contributed by atoms with Crippen molar-refractivity contribution < 1.29 is 13.2 Å². The van der Waals surface area contributed by atoms with Crippen LogP contribution in [0.4, 0.5) is 13.2 Å². The highest BCUT2D eigenvalue weighted by molar-refractivity contribution is 5.91. The number of hydrogen-bond donors (Lipinski definition) is 1. The van der Waals surface area contributed by atoms with Gasteiger partial charge in [0.05, 0.1) is 11.1 Å². The van der Waals surface area contributed by atoms with E-state index in [0.29, 0.717) is 16.5 Å². The third-order valence-corrected chi connectivity index (χ3v) is 4.26. The van der Waals surface area contributed by atoms with E-state index >= 15 is 0 Å². The molecule has 0 atom stereocenters. The van der Waals surface area contributed by atoms with E-state index in [1.807, 2.05) is 60.7 Å². The minimum Gasteiger partial charge on any atom is -0.354 e. The van der Waals surface area contributed by atoms with Gasteiger partial charge in [-0.1, -0.05) is 60.4 Å². The second kappa shape index (κ2) is 6.69. The van der Waals surface area contributed by atoms with Crippen LogP contribution in [0.25, 0.3) is 22.2 Å². The van der Waals surface area contributed by atoms with Crippen molar-refractivity contribution in [3.05, 3.63) is 95.6 Å². The average Bonchev–Trinajstić information content (AvgIpc) is 3.11. The summed E-state index contributed by atoms with van der Waals surface area (Å²) in [4.78, 5) is 3.23. The van der Waals surface area contributed by atoms with Gasteiger partial charge in [0.1, 0.15) is 0 Å². The van der Waals surface area contributed by atoms with Crippen molar-refractivity contribution in [2.24, 2.45) is 0 Å². The van der Waals surface area contributed by atoms with Gasteiger partial charge in [0.25, 0.3) is 0 Å². The largest absolute Gasteiger partial charge is 0.416 e. The van der Waals surface area contributed by atoms with Crippen molar-refractivity contribution in [1.82, 2.24) is 4.98 Å². The fraction of sp³-hybridized carbons (Fsp3) is 0.0435. The van der Waals surface area contributed by atoms with Crippen LogP contribution in [0.1, 0.15) is 16.7 Å². The Labute approximate surface area is 154 Å². The first-order valence-electron chi connectivity index (χ1n) is 8.37. The molecule has 0 fully saturated rings. The normalized spacial score (nSPS) is 11.2. The molecule has 132 valence electrons. The zero-order chi connectivity index (χ0) is 18.9. The standard InChI is InChI=1S/C23H14F3N/c24-23(25,26)20-13-18(12-11-16-7-3-1-4-8-16)22-19(14-20)15-21(27-22)17-9-5-2-6-10-17/h1-10,13-15,27H. The minimum atomic E-state index is -4.43. The molecule has 4 aromatic rings. The van der Waals surface area contributed by atoms with Crippen molar-refractivity contribution in [3.8, 4) is 23.1 Å². The summed E-state index contributed by atoms with van der Waals surface area (Å²) in [5, 5.41) is 0.487. The van der Waals surface area contributed by atoms with Crippen LogP contribution in [0.3, 0.4) is 0 Å². The Morgan fingerprint density at radius 2 is 1.41 bits per heavy atom. The first-order valence-corrected chi connectivity index (χ1v) is 8.37. The second-order valence-corrected chi connectivity index (χ2v) is 6.15. The number of halogens is 3. The third kappa shape index (κ3) is 3.58. The van der Waals surface area contributed by atoms with Gasteiger partial charge in [-0.05, 0) is 35.9 Å². The van der Waals surface area contributed by atoms with Gasteiger partial charge in [-0.15, -0.1) is 0 Å². The zero-order valence-electron chi connectivity index (χ0n) is 14.1. The maximum absolute atomic E-state index is 13.3. The summed E-state index contributed by atoms with van der Waals surface area (Å²) < 4.78 is 40.0. The lowest BCUT2D eigenvalue weighted by molar-refractivity contribution is -0.137. The molecule has 0 saturated heterocycles. The van der Waals surface area contributed by atoms with Gasteiger partial charge < -0.3 is 4.98 Å². The van der Waals surface area contributed by atoms with Crippen LogP contribution in [0.5, 0.6) is 0 Å². The number of aromatic amines is 1. The monoisotopic (exact) mass is 361 g/mol. The molecule has 27 heavy (non-hydrogen) atoms. The van der Waals surface area contributed by atoms with Crippen molar-refractivity contribution in [1.29, 1.82) is 0 Å². The molecule has 4 heteroatoms. The number of rotatable bonds is 1. The highest BCUT2D eigenvalue weighted by Gasteiger charge is 2.31. The Kier molecular flexibility index (Phi) is 4.21. The van der Waals surface area contributed by atoms with E-state index in [4.69, 9.17) is 0 Å². The van der Waals surface area contributed by atoms with Crippen LogP contribution < -0.4 is 0 Å². The fourth-order valence-electron chi connectivity index (χ4n) is 2.94. The number of aromatic nitrogens is 1. The fourth-order valence-corrected chi connectivity index (χ4v) is 2.94. The van der Waals surface area contributed by atoms with Crippen LogP contribution in [0.15, 0.2) is 78.9 Å². The van der Waals surface area contributed by atoms with E-state index in [9.17, 15) is 13.2 Å². The minimum absolute atomic E-state index is 0.325. The number of alkyl halides is 3. The summed E-state index contributed by atoms with van der Waals surface area (Å²) in [6.07, 6.45) is -4.43. The van der Waals surface area contributed by atoms with Gasteiger partial charge in [-0.3, -0.25) is 0 Å². The summed E-state index contributed by atoms with van der Waals surface area (Å²) in [6.45, 7) is 0. The molecular formula is C23H14F3N. The average molecular weight is 361 g/mol. The van der Waals surface area contributed by atoms with E-state index < -0.39 is 11.7 Å². The van der Waals surface area contributed by atoms with Gasteiger partial charge in [0, 0.05) is 22.2 Å². The van der Waals surface area contributed by atoms with Crippen LogP contribution in [-0.2, 0) is 6.18 Å². The van der Waals surface area contributed by atoms with E-state index in [1.54, 1.807) is 6.07 Å². The maximum atomic E-state index is 13.3. The number of H-pyrrole nitrogens is 1. The summed E-state index contributed by atoms with van der Waals surface area (Å²) in [5.41, 5.74) is 2.64. The highest BCUT2D eigenvalue weighted by Crippen LogP contribution is 2.34. The molecule has 0 aliphatic heterocycles. The summed E-state index contributed by atoms with van der Waals surface area (Å²) in [6, 6.07) is 22.7. The molecule has 0 bridgehead atoms. The topological polar surface area (TPSA) is 15.8 Å². The lowest BCUT2D eigenvalue weighted by Crippen LogP contribution is -2.05. The predicted octanol–water partition coefficient (Wildman–Crippen LogP) is 6.25. The molecule has 1 N–H and O–H groups in total. The van der Waals surface area contributed by atoms with Gasteiger partial charge in [-0.2, -0.15) is 13.2 Å². The Morgan fingerprint density at radius 1 is 0.741 bits per heavy atom. The Morgan fingerprint density at radius 3 is 2.07 bits per heavy atom. The molecule has 1 nitrogen and oxygen atoms in total. The summed E-state index contributed by atoms with van der Waals surface area (Å²) in [5.74, 6) is 5.84. The lowest BCUT2D eigenvalue weighted by Gasteiger charge is -2.07. The van der Waals surface area contributed by atoms with Gasteiger partial charge >= 0.3 is 6.18 Å². The predicted molar refractivity (Wildman–Crippen MR) is 101 cm³/mol. The van der Waals surface area contributed by atoms with Crippen molar-refractivity contribution in [2.75, 3.05) is 0 Å². The number of hydrogen-bond acceptors (Lipinski definition) is 0. The number of benzene rings is 3. The van der Waals surface area contributed by atoms with E-state index in [2.05, 4.69) is 16.8 Å². The van der Waals surface area contributed by atoms with Crippen molar-refractivity contribution in [2.45, 2.75) is 6.18 Å². The van der Waals surface area contributed by atoms with Crippen molar-refractivity contribution in [3.63, 3.8) is 0 Å². The van der Waals surface area contributed by atoms with Crippen molar-refractivity contribution >= 4 is 10.9 Å². The molecule has 0 aliphatic carbocycles. The molecule has 0 saturated carbocycles.